The van der Waals surface area contributed by atoms with E-state index in [9.17, 15) is 8.42 Å². The maximum Gasteiger partial charge on any atom is 0.241 e. The lowest BCUT2D eigenvalue weighted by Crippen LogP contribution is -2.28. The van der Waals surface area contributed by atoms with Crippen LogP contribution < -0.4 is 4.72 Å². The molecule has 0 radical (unpaired) electrons. The molecule has 0 heterocycles. The normalized spacial score (nSPS) is 14.3. The van der Waals surface area contributed by atoms with Crippen LogP contribution in [0.5, 0.6) is 0 Å². The highest BCUT2D eigenvalue weighted by atomic mass is 32.2. The molecular formula is C20H27NO2S. The van der Waals surface area contributed by atoms with Gasteiger partial charge in [-0.15, -0.1) is 0 Å². The first-order valence-electron chi connectivity index (χ1n) is 8.56. The number of benzene rings is 2. The van der Waals surface area contributed by atoms with Gasteiger partial charge in [-0.05, 0) is 48.9 Å². The fourth-order valence-electron chi connectivity index (χ4n) is 2.65. The van der Waals surface area contributed by atoms with E-state index in [1.807, 2.05) is 38.1 Å². The van der Waals surface area contributed by atoms with E-state index in [0.717, 1.165) is 17.5 Å². The lowest BCUT2D eigenvalue weighted by atomic mass is 9.96. The average molecular weight is 346 g/mol. The van der Waals surface area contributed by atoms with E-state index in [-0.39, 0.29) is 6.04 Å². The summed E-state index contributed by atoms with van der Waals surface area (Å²) in [5.74, 6) is 0.517. The molecule has 3 nitrogen and oxygen atoms in total. The smallest absolute Gasteiger partial charge is 0.207 e. The molecule has 1 N–H and O–H groups in total. The number of hydrogen-bond donors (Lipinski definition) is 1. The molecular weight excluding hydrogens is 318 g/mol. The SMILES string of the molecule is CCC(C)c1ccc(C(CC)NS(=O)(=O)c2ccc(C)cc2)cc1. The monoisotopic (exact) mass is 345 g/mol. The maximum atomic E-state index is 12.6. The summed E-state index contributed by atoms with van der Waals surface area (Å²) in [6, 6.07) is 15.0. The number of rotatable bonds is 7. The van der Waals surface area contributed by atoms with Crippen molar-refractivity contribution in [2.24, 2.45) is 0 Å². The third-order valence-electron chi connectivity index (χ3n) is 4.56. The van der Waals surface area contributed by atoms with Crippen LogP contribution in [0.1, 0.15) is 62.3 Å². The molecule has 0 aliphatic heterocycles. The Morgan fingerprint density at radius 3 is 1.92 bits per heavy atom. The van der Waals surface area contributed by atoms with Crippen LogP contribution >= 0.6 is 0 Å². The summed E-state index contributed by atoms with van der Waals surface area (Å²) in [6.45, 7) is 8.30. The van der Waals surface area contributed by atoms with Gasteiger partial charge in [0.2, 0.25) is 10.0 Å². The Morgan fingerprint density at radius 2 is 1.42 bits per heavy atom. The zero-order valence-electron chi connectivity index (χ0n) is 14.9. The first-order chi connectivity index (χ1) is 11.4. The Labute approximate surface area is 146 Å². The molecule has 2 atom stereocenters. The van der Waals surface area contributed by atoms with Gasteiger partial charge < -0.3 is 0 Å². The van der Waals surface area contributed by atoms with Crippen LogP contribution in [0.3, 0.4) is 0 Å². The molecule has 0 bridgehead atoms. The summed E-state index contributed by atoms with van der Waals surface area (Å²) in [5, 5.41) is 0. The van der Waals surface area contributed by atoms with Crippen LogP contribution in [0.15, 0.2) is 53.4 Å². The van der Waals surface area contributed by atoms with E-state index in [1.165, 1.54) is 5.56 Å². The second-order valence-corrected chi connectivity index (χ2v) is 8.09. The van der Waals surface area contributed by atoms with Gasteiger partial charge in [-0.2, -0.15) is 0 Å². The third-order valence-corrected chi connectivity index (χ3v) is 6.04. The minimum Gasteiger partial charge on any atom is -0.207 e. The molecule has 0 fully saturated rings. The largest absolute Gasteiger partial charge is 0.241 e. The second kappa shape index (κ2) is 7.95. The Morgan fingerprint density at radius 1 is 0.875 bits per heavy atom. The first-order valence-corrected chi connectivity index (χ1v) is 10.0. The highest BCUT2D eigenvalue weighted by Gasteiger charge is 2.20. The lowest BCUT2D eigenvalue weighted by molar-refractivity contribution is 0.550. The van der Waals surface area contributed by atoms with Crippen LogP contribution in [0.25, 0.3) is 0 Å². The van der Waals surface area contributed by atoms with Gasteiger partial charge in [0.15, 0.2) is 0 Å². The fourth-order valence-corrected chi connectivity index (χ4v) is 3.96. The first kappa shape index (κ1) is 18.7. The van der Waals surface area contributed by atoms with E-state index in [0.29, 0.717) is 17.2 Å². The molecule has 4 heteroatoms. The quantitative estimate of drug-likeness (QED) is 0.772. The summed E-state index contributed by atoms with van der Waals surface area (Å²) >= 11 is 0. The molecule has 0 spiro atoms. The van der Waals surface area contributed by atoms with Gasteiger partial charge in [0.05, 0.1) is 4.90 Å². The molecule has 130 valence electrons. The highest BCUT2D eigenvalue weighted by molar-refractivity contribution is 7.89. The van der Waals surface area contributed by atoms with Crippen molar-refractivity contribution < 1.29 is 8.42 Å². The zero-order chi connectivity index (χ0) is 17.7. The van der Waals surface area contributed by atoms with E-state index in [1.54, 1.807) is 12.1 Å². The van der Waals surface area contributed by atoms with E-state index >= 15 is 0 Å². The summed E-state index contributed by atoms with van der Waals surface area (Å²) < 4.78 is 28.0. The van der Waals surface area contributed by atoms with E-state index < -0.39 is 10.0 Å². The zero-order valence-corrected chi connectivity index (χ0v) is 15.7. The number of sulfonamides is 1. The lowest BCUT2D eigenvalue weighted by Gasteiger charge is -2.19. The van der Waals surface area contributed by atoms with Gasteiger partial charge in [-0.3, -0.25) is 0 Å². The average Bonchev–Trinajstić information content (AvgIpc) is 2.59. The van der Waals surface area contributed by atoms with Crippen LogP contribution in [0.4, 0.5) is 0 Å². The number of aryl methyl sites for hydroxylation is 1. The van der Waals surface area contributed by atoms with Crippen molar-refractivity contribution in [2.75, 3.05) is 0 Å². The molecule has 0 saturated carbocycles. The molecule has 2 aromatic carbocycles. The predicted octanol–water partition coefficient (Wildman–Crippen LogP) is 4.94. The van der Waals surface area contributed by atoms with Gasteiger partial charge in [-0.1, -0.05) is 62.7 Å². The molecule has 2 aromatic rings. The molecule has 0 aromatic heterocycles. The van der Waals surface area contributed by atoms with E-state index in [4.69, 9.17) is 0 Å². The summed E-state index contributed by atoms with van der Waals surface area (Å²) in [7, 11) is -3.52. The Hall–Kier alpha value is -1.65. The molecule has 24 heavy (non-hydrogen) atoms. The van der Waals surface area contributed by atoms with Crippen molar-refractivity contribution in [3.05, 3.63) is 65.2 Å². The topological polar surface area (TPSA) is 46.2 Å². The molecule has 0 saturated heterocycles. The fraction of sp³-hybridized carbons (Fsp3) is 0.400. The molecule has 0 amide bonds. The van der Waals surface area contributed by atoms with Crippen molar-refractivity contribution in [3.8, 4) is 0 Å². The third kappa shape index (κ3) is 4.46. The number of hydrogen-bond acceptors (Lipinski definition) is 2. The van der Waals surface area contributed by atoms with Crippen LogP contribution in [0.2, 0.25) is 0 Å². The Bertz CT molecular complexity index is 749. The summed E-state index contributed by atoms with van der Waals surface area (Å²) in [4.78, 5) is 0.308. The molecule has 2 rings (SSSR count). The van der Waals surface area contributed by atoms with Gasteiger partial charge >= 0.3 is 0 Å². The van der Waals surface area contributed by atoms with Crippen molar-refractivity contribution in [2.45, 2.75) is 57.4 Å². The predicted molar refractivity (Wildman–Crippen MR) is 99.7 cm³/mol. The van der Waals surface area contributed by atoms with E-state index in [2.05, 4.69) is 30.7 Å². The van der Waals surface area contributed by atoms with Crippen molar-refractivity contribution in [1.29, 1.82) is 0 Å². The molecule has 2 unspecified atom stereocenters. The van der Waals surface area contributed by atoms with Crippen LogP contribution in [-0.4, -0.2) is 8.42 Å². The summed E-state index contributed by atoms with van der Waals surface area (Å²) in [6.07, 6.45) is 1.80. The molecule has 0 aliphatic carbocycles. The van der Waals surface area contributed by atoms with Crippen LogP contribution in [-0.2, 0) is 10.0 Å². The maximum absolute atomic E-state index is 12.6. The van der Waals surface area contributed by atoms with Crippen molar-refractivity contribution in [3.63, 3.8) is 0 Å². The van der Waals surface area contributed by atoms with Crippen molar-refractivity contribution in [1.82, 2.24) is 4.72 Å². The van der Waals surface area contributed by atoms with Gasteiger partial charge in [0.1, 0.15) is 0 Å². The second-order valence-electron chi connectivity index (χ2n) is 6.37. The Balaban J connectivity index is 2.20. The Kier molecular flexibility index (Phi) is 6.19. The summed E-state index contributed by atoms with van der Waals surface area (Å²) in [5.41, 5.74) is 3.33. The van der Waals surface area contributed by atoms with Gasteiger partial charge in [-0.25, -0.2) is 13.1 Å². The van der Waals surface area contributed by atoms with Crippen molar-refractivity contribution >= 4 is 10.0 Å². The van der Waals surface area contributed by atoms with Gasteiger partial charge in [0, 0.05) is 6.04 Å². The minimum absolute atomic E-state index is 0.220. The molecule has 0 aliphatic rings. The minimum atomic E-state index is -3.52. The highest BCUT2D eigenvalue weighted by Crippen LogP contribution is 2.24. The number of nitrogens with one attached hydrogen (secondary N) is 1. The van der Waals surface area contributed by atoms with Gasteiger partial charge in [0.25, 0.3) is 0 Å². The van der Waals surface area contributed by atoms with Crippen LogP contribution in [0, 0.1) is 6.92 Å². The standard InChI is InChI=1S/C20H27NO2S/c1-5-16(4)17-9-11-18(12-10-17)20(6-2)21-24(22,23)19-13-7-15(3)8-14-19/h7-14,16,20-21H,5-6H2,1-4H3.